The molecule has 2 fully saturated rings. The molecule has 0 radical (unpaired) electrons. The molecule has 3 nitrogen and oxygen atoms in total. The predicted octanol–water partition coefficient (Wildman–Crippen LogP) is 1.59. The lowest BCUT2D eigenvalue weighted by atomic mass is 9.80. The van der Waals surface area contributed by atoms with Gasteiger partial charge >= 0.3 is 0 Å². The van der Waals surface area contributed by atoms with E-state index in [1.807, 2.05) is 11.8 Å². The molecular formula is C12H22N2O. The van der Waals surface area contributed by atoms with E-state index in [1.54, 1.807) is 0 Å². The number of rotatable bonds is 2. The van der Waals surface area contributed by atoms with Crippen molar-refractivity contribution < 1.29 is 4.79 Å². The number of nitrogens with one attached hydrogen (secondary N) is 1. The molecule has 0 aromatic rings. The second-order valence-corrected chi connectivity index (χ2v) is 5.17. The summed E-state index contributed by atoms with van der Waals surface area (Å²) < 4.78 is 0. The molecule has 3 unspecified atom stereocenters. The molecule has 0 aromatic carbocycles. The first kappa shape index (κ1) is 10.9. The van der Waals surface area contributed by atoms with Gasteiger partial charge in [-0.1, -0.05) is 26.2 Å². The zero-order valence-electron chi connectivity index (χ0n) is 9.83. The minimum absolute atomic E-state index is 0.0314. The maximum absolute atomic E-state index is 11.7. The maximum Gasteiger partial charge on any atom is 0.240 e. The van der Waals surface area contributed by atoms with Gasteiger partial charge in [-0.25, -0.2) is 0 Å². The van der Waals surface area contributed by atoms with Crippen LogP contribution in [-0.4, -0.2) is 30.1 Å². The average Bonchev–Trinajstić information content (AvgIpc) is 2.53. The van der Waals surface area contributed by atoms with Crippen LogP contribution in [0.5, 0.6) is 0 Å². The summed E-state index contributed by atoms with van der Waals surface area (Å²) >= 11 is 0. The third-order valence-electron chi connectivity index (χ3n) is 4.01. The minimum atomic E-state index is 0.0314. The van der Waals surface area contributed by atoms with Crippen LogP contribution in [0, 0.1) is 11.8 Å². The predicted molar refractivity (Wildman–Crippen MR) is 60.3 cm³/mol. The molecule has 0 spiro atoms. The van der Waals surface area contributed by atoms with Crippen molar-refractivity contribution in [2.24, 2.45) is 11.8 Å². The topological polar surface area (TPSA) is 32.3 Å². The van der Waals surface area contributed by atoms with Crippen molar-refractivity contribution in [3.8, 4) is 0 Å². The molecule has 15 heavy (non-hydrogen) atoms. The second-order valence-electron chi connectivity index (χ2n) is 5.17. The van der Waals surface area contributed by atoms with Gasteiger partial charge in [0.1, 0.15) is 0 Å². The van der Waals surface area contributed by atoms with Gasteiger partial charge in [-0.3, -0.25) is 10.1 Å². The maximum atomic E-state index is 11.7. The Balaban J connectivity index is 1.88. The minimum Gasteiger partial charge on any atom is -0.328 e. The van der Waals surface area contributed by atoms with Crippen LogP contribution >= 0.6 is 0 Å². The van der Waals surface area contributed by atoms with Crippen molar-refractivity contribution in [3.05, 3.63) is 0 Å². The largest absolute Gasteiger partial charge is 0.328 e. The molecule has 1 N–H and O–H groups in total. The van der Waals surface area contributed by atoms with Gasteiger partial charge in [-0.2, -0.15) is 0 Å². The van der Waals surface area contributed by atoms with Crippen LogP contribution in [0.3, 0.4) is 0 Å². The van der Waals surface area contributed by atoms with Crippen LogP contribution in [-0.2, 0) is 4.79 Å². The zero-order chi connectivity index (χ0) is 10.8. The molecule has 2 aliphatic rings. The van der Waals surface area contributed by atoms with Crippen molar-refractivity contribution in [1.29, 1.82) is 0 Å². The Kier molecular flexibility index (Phi) is 3.29. The van der Waals surface area contributed by atoms with Crippen LogP contribution in [0.15, 0.2) is 0 Å². The lowest BCUT2D eigenvalue weighted by molar-refractivity contribution is -0.129. The highest BCUT2D eigenvalue weighted by molar-refractivity contribution is 5.83. The van der Waals surface area contributed by atoms with E-state index < -0.39 is 0 Å². The molecule has 1 amide bonds. The van der Waals surface area contributed by atoms with E-state index in [-0.39, 0.29) is 11.9 Å². The highest BCUT2D eigenvalue weighted by Crippen LogP contribution is 2.30. The summed E-state index contributed by atoms with van der Waals surface area (Å²) in [6, 6.07) is 0.0314. The summed E-state index contributed by atoms with van der Waals surface area (Å²) in [7, 11) is 0. The molecule has 1 aliphatic carbocycles. The van der Waals surface area contributed by atoms with Gasteiger partial charge in [0.15, 0.2) is 0 Å². The van der Waals surface area contributed by atoms with E-state index >= 15 is 0 Å². The van der Waals surface area contributed by atoms with E-state index in [0.29, 0.717) is 0 Å². The lowest BCUT2D eigenvalue weighted by Crippen LogP contribution is -2.36. The fourth-order valence-corrected chi connectivity index (χ4v) is 2.79. The molecule has 1 saturated heterocycles. The molecular weight excluding hydrogens is 188 g/mol. The highest BCUT2D eigenvalue weighted by Gasteiger charge is 2.31. The first-order valence-electron chi connectivity index (χ1n) is 6.20. The Morgan fingerprint density at radius 2 is 2.07 bits per heavy atom. The SMILES string of the molecule is CC1NCN(CC2CCCCC2C)C1=O. The number of carbonyl (C=O) groups excluding carboxylic acids is 1. The monoisotopic (exact) mass is 210 g/mol. The van der Waals surface area contributed by atoms with Gasteiger partial charge < -0.3 is 4.90 Å². The van der Waals surface area contributed by atoms with Crippen molar-refractivity contribution in [2.45, 2.75) is 45.6 Å². The van der Waals surface area contributed by atoms with E-state index in [2.05, 4.69) is 12.2 Å². The normalized spacial score (nSPS) is 37.3. The van der Waals surface area contributed by atoms with Gasteiger partial charge in [0.2, 0.25) is 5.91 Å². The van der Waals surface area contributed by atoms with Crippen LogP contribution in [0.25, 0.3) is 0 Å². The summed E-state index contributed by atoms with van der Waals surface area (Å²) in [4.78, 5) is 13.7. The molecule has 0 bridgehead atoms. The van der Waals surface area contributed by atoms with Crippen LogP contribution in [0.2, 0.25) is 0 Å². The number of nitrogens with zero attached hydrogens (tertiary/aromatic N) is 1. The number of carbonyl (C=O) groups is 1. The standard InChI is InChI=1S/C12H22N2O/c1-9-5-3-4-6-11(9)7-14-8-13-10(2)12(14)15/h9-11,13H,3-8H2,1-2H3. The summed E-state index contributed by atoms with van der Waals surface area (Å²) in [5.74, 6) is 1.81. The molecule has 0 aromatic heterocycles. The van der Waals surface area contributed by atoms with Gasteiger partial charge in [0.25, 0.3) is 0 Å². The smallest absolute Gasteiger partial charge is 0.240 e. The third-order valence-corrected chi connectivity index (χ3v) is 4.01. The number of amides is 1. The lowest BCUT2D eigenvalue weighted by Gasteiger charge is -2.31. The molecule has 1 aliphatic heterocycles. The molecule has 1 saturated carbocycles. The second kappa shape index (κ2) is 4.52. The molecule has 3 heteroatoms. The van der Waals surface area contributed by atoms with E-state index in [4.69, 9.17) is 0 Å². The fraction of sp³-hybridized carbons (Fsp3) is 0.917. The van der Waals surface area contributed by atoms with Crippen LogP contribution in [0.1, 0.15) is 39.5 Å². The first-order valence-corrected chi connectivity index (χ1v) is 6.20. The van der Waals surface area contributed by atoms with Gasteiger partial charge in [0, 0.05) is 6.54 Å². The average molecular weight is 210 g/mol. The van der Waals surface area contributed by atoms with Crippen molar-refractivity contribution in [2.75, 3.05) is 13.2 Å². The van der Waals surface area contributed by atoms with Crippen LogP contribution < -0.4 is 5.32 Å². The number of hydrogen-bond acceptors (Lipinski definition) is 2. The van der Waals surface area contributed by atoms with Crippen molar-refractivity contribution in [3.63, 3.8) is 0 Å². The summed E-state index contributed by atoms with van der Waals surface area (Å²) in [6.45, 7) is 6.01. The Morgan fingerprint density at radius 3 is 2.67 bits per heavy atom. The van der Waals surface area contributed by atoms with Crippen molar-refractivity contribution >= 4 is 5.91 Å². The van der Waals surface area contributed by atoms with Crippen LogP contribution in [0.4, 0.5) is 0 Å². The Bertz CT molecular complexity index is 242. The summed E-state index contributed by atoms with van der Waals surface area (Å²) in [5, 5.41) is 3.20. The Morgan fingerprint density at radius 1 is 1.33 bits per heavy atom. The van der Waals surface area contributed by atoms with E-state index in [0.717, 1.165) is 25.0 Å². The quantitative estimate of drug-likeness (QED) is 0.750. The zero-order valence-corrected chi connectivity index (χ0v) is 9.83. The molecule has 1 heterocycles. The fourth-order valence-electron chi connectivity index (χ4n) is 2.79. The van der Waals surface area contributed by atoms with Gasteiger partial charge in [0.05, 0.1) is 12.7 Å². The molecule has 2 rings (SSSR count). The van der Waals surface area contributed by atoms with E-state index in [1.165, 1.54) is 25.7 Å². The Hall–Kier alpha value is -0.570. The Labute approximate surface area is 92.2 Å². The third kappa shape index (κ3) is 2.33. The van der Waals surface area contributed by atoms with E-state index in [9.17, 15) is 4.79 Å². The van der Waals surface area contributed by atoms with Crippen molar-refractivity contribution in [1.82, 2.24) is 10.2 Å². The first-order chi connectivity index (χ1) is 7.18. The number of hydrogen-bond donors (Lipinski definition) is 1. The van der Waals surface area contributed by atoms with Gasteiger partial charge in [-0.15, -0.1) is 0 Å². The molecule has 86 valence electrons. The highest BCUT2D eigenvalue weighted by atomic mass is 16.2. The van der Waals surface area contributed by atoms with Gasteiger partial charge in [-0.05, 0) is 25.2 Å². The molecule has 3 atom stereocenters. The summed E-state index contributed by atoms with van der Waals surface area (Å²) in [5.41, 5.74) is 0. The summed E-state index contributed by atoms with van der Waals surface area (Å²) in [6.07, 6.45) is 5.37.